The van der Waals surface area contributed by atoms with Crippen molar-refractivity contribution in [1.82, 2.24) is 18.7 Å². The third kappa shape index (κ3) is 2.66. The maximum Gasteiger partial charge on any atom is 0.242 e. The summed E-state index contributed by atoms with van der Waals surface area (Å²) in [6.07, 6.45) is 5.33. The highest BCUT2D eigenvalue weighted by atomic mass is 32.2. The van der Waals surface area contributed by atoms with Crippen LogP contribution in [0.25, 0.3) is 17.0 Å². The lowest BCUT2D eigenvalue weighted by molar-refractivity contribution is 0.414. The van der Waals surface area contributed by atoms with Crippen LogP contribution < -0.4 is 4.74 Å². The lowest BCUT2D eigenvalue weighted by Gasteiger charge is -2.13. The van der Waals surface area contributed by atoms with Gasteiger partial charge in [-0.05, 0) is 18.2 Å². The first-order chi connectivity index (χ1) is 10.9. The Kier molecular flexibility index (Phi) is 3.78. The minimum atomic E-state index is -3.52. The van der Waals surface area contributed by atoms with Crippen molar-refractivity contribution in [3.05, 3.63) is 42.9 Å². The molecular formula is C15H16N4O3S. The lowest BCUT2D eigenvalue weighted by atomic mass is 10.1. The molecule has 0 saturated heterocycles. The molecule has 0 fully saturated rings. The van der Waals surface area contributed by atoms with Gasteiger partial charge >= 0.3 is 0 Å². The average molecular weight is 332 g/mol. The normalized spacial score (nSPS) is 12.0. The van der Waals surface area contributed by atoms with Crippen LogP contribution in [0.15, 0.2) is 47.8 Å². The zero-order valence-electron chi connectivity index (χ0n) is 13.0. The summed E-state index contributed by atoms with van der Waals surface area (Å²) in [7, 11) is 0.960. The van der Waals surface area contributed by atoms with Gasteiger partial charge in [0.2, 0.25) is 15.8 Å². The first-order valence-electron chi connectivity index (χ1n) is 6.84. The summed E-state index contributed by atoms with van der Waals surface area (Å²) in [4.78, 5) is 8.77. The maximum atomic E-state index is 12.2. The van der Waals surface area contributed by atoms with Crippen molar-refractivity contribution in [1.29, 1.82) is 0 Å². The SMILES string of the molecule is COc1cc(S(=O)(=O)N(C)C)ccc1-c1cn2cccnc2n1. The summed E-state index contributed by atoms with van der Waals surface area (Å²) in [5.74, 6) is 1.01. The van der Waals surface area contributed by atoms with Gasteiger partial charge in [0.1, 0.15) is 5.75 Å². The van der Waals surface area contributed by atoms with Gasteiger partial charge in [0.15, 0.2) is 0 Å². The van der Waals surface area contributed by atoms with Gasteiger partial charge in [-0.1, -0.05) is 0 Å². The first-order valence-corrected chi connectivity index (χ1v) is 8.28. The van der Waals surface area contributed by atoms with Gasteiger partial charge < -0.3 is 4.74 Å². The Morgan fingerprint density at radius 2 is 2.04 bits per heavy atom. The van der Waals surface area contributed by atoms with E-state index in [4.69, 9.17) is 4.74 Å². The summed E-state index contributed by atoms with van der Waals surface area (Å²) < 4.78 is 32.8. The second kappa shape index (κ2) is 5.64. The molecule has 0 unspecified atom stereocenters. The van der Waals surface area contributed by atoms with Crippen molar-refractivity contribution in [2.45, 2.75) is 4.90 Å². The summed E-state index contributed by atoms with van der Waals surface area (Å²) in [5, 5.41) is 0. The highest BCUT2D eigenvalue weighted by Gasteiger charge is 2.20. The summed E-state index contributed by atoms with van der Waals surface area (Å²) >= 11 is 0. The zero-order chi connectivity index (χ0) is 16.6. The number of methoxy groups -OCH3 is 1. The van der Waals surface area contributed by atoms with Gasteiger partial charge in [-0.15, -0.1) is 0 Å². The fourth-order valence-electron chi connectivity index (χ4n) is 2.21. The standard InChI is InChI=1S/C15H16N4O3S/c1-18(2)23(20,21)11-5-6-12(14(9-11)22-3)13-10-19-8-4-7-16-15(19)17-13/h4-10H,1-3H3. The van der Waals surface area contributed by atoms with E-state index in [9.17, 15) is 8.42 Å². The molecule has 0 bridgehead atoms. The Labute approximate surface area is 134 Å². The Bertz CT molecular complexity index is 931. The Morgan fingerprint density at radius 3 is 2.70 bits per heavy atom. The predicted octanol–water partition coefficient (Wildman–Crippen LogP) is 1.66. The largest absolute Gasteiger partial charge is 0.496 e. The van der Waals surface area contributed by atoms with Crippen molar-refractivity contribution in [3.63, 3.8) is 0 Å². The van der Waals surface area contributed by atoms with E-state index < -0.39 is 10.0 Å². The third-order valence-electron chi connectivity index (χ3n) is 3.46. The number of imidazole rings is 1. The van der Waals surface area contributed by atoms with Gasteiger partial charge in [0.05, 0.1) is 17.7 Å². The molecule has 1 aromatic carbocycles. The van der Waals surface area contributed by atoms with Crippen molar-refractivity contribution >= 4 is 15.8 Å². The topological polar surface area (TPSA) is 76.8 Å². The Balaban J connectivity index is 2.13. The highest BCUT2D eigenvalue weighted by Crippen LogP contribution is 2.32. The molecule has 3 rings (SSSR count). The number of nitrogens with zero attached hydrogens (tertiary/aromatic N) is 4. The van der Waals surface area contributed by atoms with Crippen LogP contribution in [-0.4, -0.2) is 48.3 Å². The van der Waals surface area contributed by atoms with Crippen molar-refractivity contribution in [2.24, 2.45) is 0 Å². The van der Waals surface area contributed by atoms with Gasteiger partial charge in [-0.3, -0.25) is 4.40 Å². The number of benzene rings is 1. The molecule has 0 N–H and O–H groups in total. The molecule has 0 radical (unpaired) electrons. The molecule has 23 heavy (non-hydrogen) atoms. The zero-order valence-corrected chi connectivity index (χ0v) is 13.8. The summed E-state index contributed by atoms with van der Waals surface area (Å²) in [6.45, 7) is 0. The number of hydrogen-bond donors (Lipinski definition) is 0. The van der Waals surface area contributed by atoms with Crippen molar-refractivity contribution in [3.8, 4) is 17.0 Å². The quantitative estimate of drug-likeness (QED) is 0.726. The molecule has 0 aliphatic heterocycles. The van der Waals surface area contributed by atoms with Gasteiger partial charge in [-0.2, -0.15) is 0 Å². The van der Waals surface area contributed by atoms with Crippen LogP contribution in [0.5, 0.6) is 5.75 Å². The smallest absolute Gasteiger partial charge is 0.242 e. The van der Waals surface area contributed by atoms with Gasteiger partial charge in [0.25, 0.3) is 0 Å². The van der Waals surface area contributed by atoms with Crippen molar-refractivity contribution < 1.29 is 13.2 Å². The molecule has 3 aromatic rings. The molecular weight excluding hydrogens is 316 g/mol. The first kappa shape index (κ1) is 15.4. The lowest BCUT2D eigenvalue weighted by Crippen LogP contribution is -2.22. The summed E-state index contributed by atoms with van der Waals surface area (Å²) in [5.41, 5.74) is 1.37. The van der Waals surface area contributed by atoms with E-state index in [0.717, 1.165) is 4.31 Å². The van der Waals surface area contributed by atoms with E-state index in [1.807, 2.05) is 18.5 Å². The number of fused-ring (bicyclic) bond motifs is 1. The van der Waals surface area contributed by atoms with Crippen molar-refractivity contribution in [2.75, 3.05) is 21.2 Å². The fraction of sp³-hybridized carbons (Fsp3) is 0.200. The number of aromatic nitrogens is 3. The van der Waals surface area contributed by atoms with Crippen LogP contribution in [0.4, 0.5) is 0 Å². The predicted molar refractivity (Wildman–Crippen MR) is 85.8 cm³/mol. The molecule has 2 heterocycles. The van der Waals surface area contributed by atoms with Crippen LogP contribution >= 0.6 is 0 Å². The minimum Gasteiger partial charge on any atom is -0.496 e. The second-order valence-electron chi connectivity index (χ2n) is 5.10. The average Bonchev–Trinajstić information content (AvgIpc) is 2.97. The van der Waals surface area contributed by atoms with Crippen LogP contribution in [0.2, 0.25) is 0 Å². The number of hydrogen-bond acceptors (Lipinski definition) is 5. The fourth-order valence-corrected chi connectivity index (χ4v) is 3.13. The molecule has 2 aromatic heterocycles. The second-order valence-corrected chi connectivity index (χ2v) is 7.25. The van der Waals surface area contributed by atoms with Crippen LogP contribution in [-0.2, 0) is 10.0 Å². The molecule has 0 atom stereocenters. The molecule has 0 amide bonds. The van der Waals surface area contributed by atoms with E-state index in [0.29, 0.717) is 22.8 Å². The highest BCUT2D eigenvalue weighted by molar-refractivity contribution is 7.89. The van der Waals surface area contributed by atoms with Gasteiger partial charge in [-0.25, -0.2) is 22.7 Å². The van der Waals surface area contributed by atoms with E-state index in [1.54, 1.807) is 22.7 Å². The van der Waals surface area contributed by atoms with Crippen LogP contribution in [0, 0.1) is 0 Å². The molecule has 8 heteroatoms. The molecule has 7 nitrogen and oxygen atoms in total. The third-order valence-corrected chi connectivity index (χ3v) is 5.27. The molecule has 0 aliphatic rings. The Hall–Kier alpha value is -2.45. The monoisotopic (exact) mass is 332 g/mol. The Morgan fingerprint density at radius 1 is 1.26 bits per heavy atom. The summed E-state index contributed by atoms with van der Waals surface area (Å²) in [6, 6.07) is 6.55. The number of rotatable bonds is 4. The molecule has 0 saturated carbocycles. The van der Waals surface area contributed by atoms with E-state index >= 15 is 0 Å². The van der Waals surface area contributed by atoms with Crippen LogP contribution in [0.3, 0.4) is 0 Å². The van der Waals surface area contributed by atoms with E-state index in [1.165, 1.54) is 27.3 Å². The minimum absolute atomic E-state index is 0.171. The van der Waals surface area contributed by atoms with E-state index in [2.05, 4.69) is 9.97 Å². The van der Waals surface area contributed by atoms with Crippen LogP contribution in [0.1, 0.15) is 0 Å². The van der Waals surface area contributed by atoms with Gasteiger partial charge in [0, 0.05) is 44.3 Å². The van der Waals surface area contributed by atoms with E-state index in [-0.39, 0.29) is 4.90 Å². The number of ether oxygens (including phenoxy) is 1. The number of sulfonamides is 1. The molecule has 0 spiro atoms. The molecule has 120 valence electrons. The molecule has 0 aliphatic carbocycles. The maximum absolute atomic E-state index is 12.2.